The number of nitrogens with one attached hydrogen (secondary N) is 1. The fourth-order valence-electron chi connectivity index (χ4n) is 3.67. The third-order valence-electron chi connectivity index (χ3n) is 5.46. The molecule has 0 spiro atoms. The van der Waals surface area contributed by atoms with Crippen molar-refractivity contribution in [3.05, 3.63) is 59.9 Å². The lowest BCUT2D eigenvalue weighted by molar-refractivity contribution is -0.133. The molecule has 0 saturated carbocycles. The van der Waals surface area contributed by atoms with Crippen LogP contribution in [0.15, 0.2) is 53.4 Å². The van der Waals surface area contributed by atoms with Gasteiger partial charge in [0, 0.05) is 23.7 Å². The highest BCUT2D eigenvalue weighted by molar-refractivity contribution is 7.98. The number of sulfonamides is 1. The molecule has 0 bridgehead atoms. The minimum atomic E-state index is -3.69. The monoisotopic (exact) mass is 479 g/mol. The van der Waals surface area contributed by atoms with Crippen LogP contribution in [0.2, 0.25) is 0 Å². The van der Waals surface area contributed by atoms with Crippen LogP contribution in [-0.2, 0) is 26.2 Å². The average Bonchev–Trinajstić information content (AvgIpc) is 2.78. The van der Waals surface area contributed by atoms with Crippen molar-refractivity contribution in [3.63, 3.8) is 0 Å². The second kappa shape index (κ2) is 9.60. The molecule has 0 unspecified atom stereocenters. The number of hydrogen-bond donors (Lipinski definition) is 1. The second-order valence-corrected chi connectivity index (χ2v) is 10.8. The van der Waals surface area contributed by atoms with E-state index >= 15 is 0 Å². The van der Waals surface area contributed by atoms with Gasteiger partial charge in [-0.3, -0.25) is 14.5 Å². The van der Waals surface area contributed by atoms with Crippen LogP contribution >= 0.6 is 11.8 Å². The van der Waals surface area contributed by atoms with Crippen LogP contribution in [0, 0.1) is 5.82 Å². The Labute approximate surface area is 192 Å². The lowest BCUT2D eigenvalue weighted by Gasteiger charge is -2.46. The molecule has 1 atom stereocenters. The molecule has 1 saturated heterocycles. The van der Waals surface area contributed by atoms with Gasteiger partial charge in [-0.15, -0.1) is 11.8 Å². The number of rotatable bonds is 7. The van der Waals surface area contributed by atoms with E-state index in [4.69, 9.17) is 0 Å². The molecule has 32 heavy (non-hydrogen) atoms. The van der Waals surface area contributed by atoms with Crippen molar-refractivity contribution in [2.75, 3.05) is 30.0 Å². The largest absolute Gasteiger partial charge is 0.350 e. The topological polar surface area (TPSA) is 86.8 Å². The molecule has 1 fully saturated rings. The number of thioether (sulfide) groups is 1. The Balaban J connectivity index is 1.97. The van der Waals surface area contributed by atoms with Crippen molar-refractivity contribution < 1.29 is 22.4 Å². The third-order valence-corrected chi connectivity index (χ3v) is 7.96. The molecule has 0 radical (unpaired) electrons. The van der Waals surface area contributed by atoms with Crippen LogP contribution in [-0.4, -0.2) is 55.2 Å². The molecule has 1 heterocycles. The highest BCUT2D eigenvalue weighted by Gasteiger charge is 2.50. The summed E-state index contributed by atoms with van der Waals surface area (Å²) in [6, 6.07) is 12.9. The molecule has 172 valence electrons. The summed E-state index contributed by atoms with van der Waals surface area (Å²) in [7, 11) is -3.69. The predicted octanol–water partition coefficient (Wildman–Crippen LogP) is 2.62. The predicted molar refractivity (Wildman–Crippen MR) is 123 cm³/mol. The number of nitrogens with zero attached hydrogens (tertiary/aromatic N) is 2. The van der Waals surface area contributed by atoms with Gasteiger partial charge in [0.1, 0.15) is 11.4 Å². The zero-order chi connectivity index (χ0) is 23.5. The maximum atomic E-state index is 13.4. The highest BCUT2D eigenvalue weighted by atomic mass is 32.2. The highest BCUT2D eigenvalue weighted by Crippen LogP contribution is 2.32. The van der Waals surface area contributed by atoms with Crippen LogP contribution < -0.4 is 10.2 Å². The van der Waals surface area contributed by atoms with E-state index < -0.39 is 27.4 Å². The molecule has 2 amide bonds. The molecule has 10 heteroatoms. The van der Waals surface area contributed by atoms with E-state index in [-0.39, 0.29) is 31.2 Å². The van der Waals surface area contributed by atoms with Gasteiger partial charge >= 0.3 is 0 Å². The molecule has 1 aliphatic heterocycles. The summed E-state index contributed by atoms with van der Waals surface area (Å²) in [4.78, 5) is 28.9. The van der Waals surface area contributed by atoms with E-state index in [0.29, 0.717) is 11.3 Å². The summed E-state index contributed by atoms with van der Waals surface area (Å²) in [6.45, 7) is 2.67. The van der Waals surface area contributed by atoms with E-state index in [1.54, 1.807) is 37.3 Å². The van der Waals surface area contributed by atoms with Gasteiger partial charge in [0.2, 0.25) is 21.8 Å². The van der Waals surface area contributed by atoms with Gasteiger partial charge in [0.25, 0.3) is 0 Å². The van der Waals surface area contributed by atoms with Gasteiger partial charge < -0.3 is 5.32 Å². The first-order chi connectivity index (χ1) is 15.1. The van der Waals surface area contributed by atoms with Crippen molar-refractivity contribution in [3.8, 4) is 0 Å². The molecule has 2 aromatic carbocycles. The summed E-state index contributed by atoms with van der Waals surface area (Å²) < 4.78 is 39.3. The van der Waals surface area contributed by atoms with Crippen LogP contribution in [0.3, 0.4) is 0 Å². The Morgan fingerprint density at radius 3 is 2.53 bits per heavy atom. The number of halogens is 1. The third kappa shape index (κ3) is 4.97. The zero-order valence-corrected chi connectivity index (χ0v) is 19.8. The Kier molecular flexibility index (Phi) is 7.26. The number of hydrogen-bond acceptors (Lipinski definition) is 5. The average molecular weight is 480 g/mol. The number of carbonyl (C=O) groups is 2. The van der Waals surface area contributed by atoms with Gasteiger partial charge in [0.15, 0.2) is 0 Å². The Morgan fingerprint density at radius 1 is 1.22 bits per heavy atom. The summed E-state index contributed by atoms with van der Waals surface area (Å²) in [5.41, 5.74) is -0.275. The number of carbonyl (C=O) groups excluding carboxylic acids is 2. The summed E-state index contributed by atoms with van der Waals surface area (Å²) in [5, 5.41) is 2.79. The minimum Gasteiger partial charge on any atom is -0.350 e. The first-order valence-electron chi connectivity index (χ1n) is 10.1. The van der Waals surface area contributed by atoms with Gasteiger partial charge in [-0.05, 0) is 56.0 Å². The normalized spacial score (nSPS) is 19.8. The first kappa shape index (κ1) is 24.2. The second-order valence-electron chi connectivity index (χ2n) is 7.68. The van der Waals surface area contributed by atoms with Gasteiger partial charge in [-0.1, -0.05) is 18.2 Å². The van der Waals surface area contributed by atoms with Crippen molar-refractivity contribution in [1.29, 1.82) is 0 Å². The van der Waals surface area contributed by atoms with E-state index in [1.165, 1.54) is 35.7 Å². The van der Waals surface area contributed by atoms with E-state index in [0.717, 1.165) is 9.20 Å². The molecule has 2 aromatic rings. The molecular weight excluding hydrogens is 453 g/mol. The standard InChI is InChI=1S/C22H26FN3O4S2/c1-4-32(29,30)25-14-20(27)26(18-6-5-7-19(12-18)31-3)22(2,15-25)21(28)24-13-16-8-10-17(23)11-9-16/h5-12H,4,13-15H2,1-3H3,(H,24,28)/t22-/m1/s1. The zero-order valence-electron chi connectivity index (χ0n) is 18.2. The number of piperazine rings is 1. The molecule has 0 aromatic heterocycles. The Hall–Kier alpha value is -2.43. The Morgan fingerprint density at radius 2 is 1.91 bits per heavy atom. The molecule has 1 N–H and O–H groups in total. The smallest absolute Gasteiger partial charge is 0.247 e. The lowest BCUT2D eigenvalue weighted by Crippen LogP contribution is -2.70. The van der Waals surface area contributed by atoms with Gasteiger partial charge in [-0.2, -0.15) is 4.31 Å². The summed E-state index contributed by atoms with van der Waals surface area (Å²) >= 11 is 1.50. The van der Waals surface area contributed by atoms with Crippen molar-refractivity contribution >= 4 is 39.3 Å². The van der Waals surface area contributed by atoms with E-state index in [9.17, 15) is 22.4 Å². The first-order valence-corrected chi connectivity index (χ1v) is 12.9. The number of benzene rings is 2. The quantitative estimate of drug-likeness (QED) is 0.617. The van der Waals surface area contributed by atoms with E-state index in [1.807, 2.05) is 12.3 Å². The molecule has 1 aliphatic rings. The number of amides is 2. The van der Waals surface area contributed by atoms with E-state index in [2.05, 4.69) is 5.32 Å². The molecular formula is C22H26FN3O4S2. The molecule has 0 aliphatic carbocycles. The van der Waals surface area contributed by atoms with Crippen LogP contribution in [0.5, 0.6) is 0 Å². The molecule has 7 nitrogen and oxygen atoms in total. The van der Waals surface area contributed by atoms with Crippen LogP contribution in [0.1, 0.15) is 19.4 Å². The maximum absolute atomic E-state index is 13.4. The number of anilines is 1. The SMILES string of the molecule is CCS(=O)(=O)N1CC(=O)N(c2cccc(SC)c2)[C@@](C)(C(=O)NCc2ccc(F)cc2)C1. The minimum absolute atomic E-state index is 0.113. The van der Waals surface area contributed by atoms with Crippen molar-refractivity contribution in [1.82, 2.24) is 9.62 Å². The molecule has 3 rings (SSSR count). The maximum Gasteiger partial charge on any atom is 0.247 e. The fraction of sp³-hybridized carbons (Fsp3) is 0.364. The van der Waals surface area contributed by atoms with Gasteiger partial charge in [0.05, 0.1) is 12.3 Å². The van der Waals surface area contributed by atoms with Crippen LogP contribution in [0.4, 0.5) is 10.1 Å². The fourth-order valence-corrected chi connectivity index (χ4v) is 5.25. The van der Waals surface area contributed by atoms with Crippen molar-refractivity contribution in [2.45, 2.75) is 30.8 Å². The summed E-state index contributed by atoms with van der Waals surface area (Å²) in [5.74, 6) is -1.54. The van der Waals surface area contributed by atoms with Crippen LogP contribution in [0.25, 0.3) is 0 Å². The van der Waals surface area contributed by atoms with Crippen molar-refractivity contribution in [2.24, 2.45) is 0 Å². The Bertz CT molecular complexity index is 1110. The van der Waals surface area contributed by atoms with Gasteiger partial charge in [-0.25, -0.2) is 12.8 Å². The summed E-state index contributed by atoms with van der Waals surface area (Å²) in [6.07, 6.45) is 1.90. The lowest BCUT2D eigenvalue weighted by atomic mass is 9.94.